The molecule has 14 heavy (non-hydrogen) atoms. The number of aromatic nitrogens is 2. The zero-order valence-corrected chi connectivity index (χ0v) is 8.57. The van der Waals surface area contributed by atoms with Crippen molar-refractivity contribution in [1.82, 2.24) is 10.2 Å². The first-order valence-electron chi connectivity index (χ1n) is 4.95. The fourth-order valence-corrected chi connectivity index (χ4v) is 1.71. The molecule has 0 N–H and O–H groups in total. The van der Waals surface area contributed by atoms with Gasteiger partial charge in [-0.3, -0.25) is 0 Å². The van der Waals surface area contributed by atoms with Gasteiger partial charge in [0.1, 0.15) is 0 Å². The normalized spacial score (nSPS) is 11.1. The van der Waals surface area contributed by atoms with Gasteiger partial charge in [-0.05, 0) is 17.9 Å². The zero-order chi connectivity index (χ0) is 9.97. The maximum atomic E-state index is 3.93. The largest absolute Gasteiger partial charge is 0.158 e. The van der Waals surface area contributed by atoms with Gasteiger partial charge in [0.15, 0.2) is 0 Å². The van der Waals surface area contributed by atoms with E-state index in [4.69, 9.17) is 0 Å². The van der Waals surface area contributed by atoms with Gasteiger partial charge in [-0.1, -0.05) is 32.0 Å². The second-order valence-electron chi connectivity index (χ2n) is 4.01. The number of nitrogens with zero attached hydrogens (tertiary/aromatic N) is 2. The van der Waals surface area contributed by atoms with E-state index in [1.807, 2.05) is 12.4 Å². The average Bonchev–Trinajstić information content (AvgIpc) is 2.18. The lowest BCUT2D eigenvalue weighted by molar-refractivity contribution is 0.650. The van der Waals surface area contributed by atoms with Crippen molar-refractivity contribution in [1.29, 1.82) is 0 Å². The third kappa shape index (κ3) is 1.74. The molecule has 1 heterocycles. The molecule has 0 saturated heterocycles. The highest BCUT2D eigenvalue weighted by molar-refractivity contribution is 5.83. The van der Waals surface area contributed by atoms with Gasteiger partial charge < -0.3 is 0 Å². The highest BCUT2D eigenvalue weighted by atomic mass is 15.1. The van der Waals surface area contributed by atoms with E-state index in [1.165, 1.54) is 16.3 Å². The van der Waals surface area contributed by atoms with Crippen molar-refractivity contribution < 1.29 is 0 Å². The highest BCUT2D eigenvalue weighted by Gasteiger charge is 2.02. The van der Waals surface area contributed by atoms with Crippen LogP contribution in [0, 0.1) is 5.92 Å². The van der Waals surface area contributed by atoms with Crippen molar-refractivity contribution in [2.45, 2.75) is 20.3 Å². The Balaban J connectivity index is 2.53. The molecule has 0 aliphatic rings. The van der Waals surface area contributed by atoms with E-state index in [9.17, 15) is 0 Å². The molecule has 0 fully saturated rings. The van der Waals surface area contributed by atoms with Crippen LogP contribution in [0.4, 0.5) is 0 Å². The van der Waals surface area contributed by atoms with Crippen LogP contribution in [0.2, 0.25) is 0 Å². The minimum absolute atomic E-state index is 0.675. The molecule has 2 nitrogen and oxygen atoms in total. The third-order valence-corrected chi connectivity index (χ3v) is 2.31. The zero-order valence-electron chi connectivity index (χ0n) is 8.57. The maximum Gasteiger partial charge on any atom is 0.0577 e. The van der Waals surface area contributed by atoms with Crippen LogP contribution in [0.5, 0.6) is 0 Å². The molecule has 1 aromatic carbocycles. The summed E-state index contributed by atoms with van der Waals surface area (Å²) in [7, 11) is 0. The van der Waals surface area contributed by atoms with E-state index in [2.05, 4.69) is 42.2 Å². The molecule has 0 radical (unpaired) electrons. The molecule has 0 atom stereocenters. The number of fused-ring (bicyclic) bond motifs is 1. The summed E-state index contributed by atoms with van der Waals surface area (Å²) < 4.78 is 0. The van der Waals surface area contributed by atoms with Crippen molar-refractivity contribution in [3.63, 3.8) is 0 Å². The average molecular weight is 186 g/mol. The molecule has 0 unspecified atom stereocenters. The lowest BCUT2D eigenvalue weighted by Crippen LogP contribution is -1.95. The summed E-state index contributed by atoms with van der Waals surface area (Å²) >= 11 is 0. The number of rotatable bonds is 2. The SMILES string of the molecule is CC(C)Cc1cccc2cnncc12. The van der Waals surface area contributed by atoms with Crippen LogP contribution < -0.4 is 0 Å². The summed E-state index contributed by atoms with van der Waals surface area (Å²) in [5.41, 5.74) is 1.37. The second-order valence-corrected chi connectivity index (χ2v) is 4.01. The van der Waals surface area contributed by atoms with Gasteiger partial charge in [-0.25, -0.2) is 0 Å². The monoisotopic (exact) mass is 186 g/mol. The Kier molecular flexibility index (Phi) is 2.44. The minimum Gasteiger partial charge on any atom is -0.158 e. The predicted octanol–water partition coefficient (Wildman–Crippen LogP) is 2.83. The Morgan fingerprint density at radius 3 is 2.71 bits per heavy atom. The predicted molar refractivity (Wildman–Crippen MR) is 58.1 cm³/mol. The number of hydrogen-bond donors (Lipinski definition) is 0. The molecule has 1 aromatic heterocycles. The molecular formula is C12H14N2. The molecule has 0 amide bonds. The molecule has 2 aromatic rings. The first-order valence-corrected chi connectivity index (χ1v) is 4.95. The van der Waals surface area contributed by atoms with Crippen molar-refractivity contribution in [3.05, 3.63) is 36.2 Å². The smallest absolute Gasteiger partial charge is 0.0577 e. The van der Waals surface area contributed by atoms with Crippen molar-refractivity contribution in [2.75, 3.05) is 0 Å². The van der Waals surface area contributed by atoms with E-state index < -0.39 is 0 Å². The number of hydrogen-bond acceptors (Lipinski definition) is 2. The molecule has 0 saturated carbocycles. The molecule has 0 spiro atoms. The molecule has 0 aliphatic heterocycles. The first kappa shape index (κ1) is 9.13. The standard InChI is InChI=1S/C12H14N2/c1-9(2)6-10-4-3-5-11-7-13-14-8-12(10)11/h3-5,7-9H,6H2,1-2H3. The summed E-state index contributed by atoms with van der Waals surface area (Å²) in [6.45, 7) is 4.46. The summed E-state index contributed by atoms with van der Waals surface area (Å²) in [4.78, 5) is 0. The van der Waals surface area contributed by atoms with Crippen LogP contribution in [-0.2, 0) is 6.42 Å². The van der Waals surface area contributed by atoms with Crippen LogP contribution in [0.25, 0.3) is 10.8 Å². The Morgan fingerprint density at radius 1 is 1.14 bits per heavy atom. The van der Waals surface area contributed by atoms with E-state index in [1.54, 1.807) is 0 Å². The molecule has 2 rings (SSSR count). The number of benzene rings is 1. The lowest BCUT2D eigenvalue weighted by Gasteiger charge is -2.07. The van der Waals surface area contributed by atoms with E-state index in [0.717, 1.165) is 6.42 Å². The van der Waals surface area contributed by atoms with E-state index in [0.29, 0.717) is 5.92 Å². The Hall–Kier alpha value is -1.44. The first-order chi connectivity index (χ1) is 6.77. The molecular weight excluding hydrogens is 172 g/mol. The third-order valence-electron chi connectivity index (χ3n) is 2.31. The van der Waals surface area contributed by atoms with Crippen LogP contribution in [-0.4, -0.2) is 10.2 Å². The van der Waals surface area contributed by atoms with Gasteiger partial charge in [0.2, 0.25) is 0 Å². The fourth-order valence-electron chi connectivity index (χ4n) is 1.71. The van der Waals surface area contributed by atoms with E-state index >= 15 is 0 Å². The van der Waals surface area contributed by atoms with Crippen LogP contribution in [0.15, 0.2) is 30.6 Å². The van der Waals surface area contributed by atoms with Gasteiger partial charge in [0, 0.05) is 10.8 Å². The molecule has 72 valence electrons. The quantitative estimate of drug-likeness (QED) is 0.720. The molecule has 0 bridgehead atoms. The Labute approximate surface area is 84.0 Å². The van der Waals surface area contributed by atoms with Gasteiger partial charge in [-0.2, -0.15) is 10.2 Å². The van der Waals surface area contributed by atoms with Crippen LogP contribution in [0.1, 0.15) is 19.4 Å². The van der Waals surface area contributed by atoms with Crippen LogP contribution in [0.3, 0.4) is 0 Å². The fraction of sp³-hybridized carbons (Fsp3) is 0.333. The van der Waals surface area contributed by atoms with Crippen molar-refractivity contribution in [2.24, 2.45) is 5.92 Å². The maximum absolute atomic E-state index is 3.93. The second kappa shape index (κ2) is 3.74. The Morgan fingerprint density at radius 2 is 1.93 bits per heavy atom. The highest BCUT2D eigenvalue weighted by Crippen LogP contribution is 2.19. The summed E-state index contributed by atoms with van der Waals surface area (Å²) in [5, 5.41) is 10.2. The van der Waals surface area contributed by atoms with Gasteiger partial charge in [-0.15, -0.1) is 0 Å². The van der Waals surface area contributed by atoms with Crippen LogP contribution >= 0.6 is 0 Å². The van der Waals surface area contributed by atoms with E-state index in [-0.39, 0.29) is 0 Å². The summed E-state index contributed by atoms with van der Waals surface area (Å²) in [6.07, 6.45) is 4.77. The van der Waals surface area contributed by atoms with Gasteiger partial charge in [0.05, 0.1) is 12.4 Å². The van der Waals surface area contributed by atoms with Gasteiger partial charge in [0.25, 0.3) is 0 Å². The topological polar surface area (TPSA) is 25.8 Å². The molecule has 2 heteroatoms. The van der Waals surface area contributed by atoms with Gasteiger partial charge >= 0.3 is 0 Å². The minimum atomic E-state index is 0.675. The Bertz CT molecular complexity index is 430. The summed E-state index contributed by atoms with van der Waals surface area (Å²) in [5.74, 6) is 0.675. The summed E-state index contributed by atoms with van der Waals surface area (Å²) in [6, 6.07) is 6.33. The molecule has 0 aliphatic carbocycles. The van der Waals surface area contributed by atoms with Crippen molar-refractivity contribution >= 4 is 10.8 Å². The lowest BCUT2D eigenvalue weighted by atomic mass is 9.99. The van der Waals surface area contributed by atoms with Crippen molar-refractivity contribution in [3.8, 4) is 0 Å².